The largest absolute Gasteiger partial charge is 0.478 e. The molecule has 0 aliphatic heterocycles. The zero-order valence-electron chi connectivity index (χ0n) is 7.91. The summed E-state index contributed by atoms with van der Waals surface area (Å²) in [5, 5.41) is 17.7. The number of carboxylic acids is 2. The van der Waals surface area contributed by atoms with Crippen LogP contribution in [0.3, 0.4) is 0 Å². The van der Waals surface area contributed by atoms with E-state index in [0.29, 0.717) is 0 Å². The van der Waals surface area contributed by atoms with Crippen LogP contribution in [0, 0.1) is 0 Å². The van der Waals surface area contributed by atoms with E-state index in [1.807, 2.05) is 0 Å². The Labute approximate surface area is 88.8 Å². The third kappa shape index (κ3) is 1.26. The molecule has 0 fully saturated rings. The molecule has 7 nitrogen and oxygen atoms in total. The zero-order valence-corrected chi connectivity index (χ0v) is 7.91. The van der Waals surface area contributed by atoms with Gasteiger partial charge in [0.15, 0.2) is 11.3 Å². The van der Waals surface area contributed by atoms with E-state index in [0.717, 1.165) is 0 Å². The second-order valence-electron chi connectivity index (χ2n) is 3.07. The molecule has 0 saturated heterocycles. The molecule has 0 saturated carbocycles. The molecule has 2 aromatic heterocycles. The molecular formula is C9H7N3O4. The first-order chi connectivity index (χ1) is 7.52. The second kappa shape index (κ2) is 3.23. The maximum Gasteiger partial charge on any atom is 0.358 e. The molecule has 2 rings (SSSR count). The Morgan fingerprint density at radius 3 is 2.56 bits per heavy atom. The Balaban J connectivity index is 2.85. The van der Waals surface area contributed by atoms with Crippen molar-refractivity contribution in [2.45, 2.75) is 0 Å². The smallest absolute Gasteiger partial charge is 0.358 e. The van der Waals surface area contributed by atoms with Gasteiger partial charge in [-0.05, 0) is 12.1 Å². The van der Waals surface area contributed by atoms with E-state index in [2.05, 4.69) is 4.98 Å². The Morgan fingerprint density at radius 1 is 1.31 bits per heavy atom. The van der Waals surface area contributed by atoms with Crippen LogP contribution in [-0.4, -0.2) is 31.5 Å². The van der Waals surface area contributed by atoms with E-state index in [1.165, 1.54) is 22.7 Å². The van der Waals surface area contributed by atoms with Crippen LogP contribution in [0.15, 0.2) is 18.3 Å². The Hall–Kier alpha value is -2.57. The number of hydrogen-bond donors (Lipinski definition) is 3. The predicted octanol–water partition coefficient (Wildman–Crippen LogP) is 0.313. The molecule has 0 aromatic carbocycles. The number of carbonyl (C=O) groups is 2. The van der Waals surface area contributed by atoms with Crippen LogP contribution in [0.2, 0.25) is 0 Å². The van der Waals surface area contributed by atoms with Gasteiger partial charge < -0.3 is 15.9 Å². The van der Waals surface area contributed by atoms with Crippen molar-refractivity contribution in [1.82, 2.24) is 9.38 Å². The van der Waals surface area contributed by atoms with Gasteiger partial charge in [0.05, 0.1) is 0 Å². The number of carboxylic acid groups (broad SMARTS) is 2. The van der Waals surface area contributed by atoms with Crippen molar-refractivity contribution in [3.8, 4) is 0 Å². The number of anilines is 1. The van der Waals surface area contributed by atoms with Crippen LogP contribution >= 0.6 is 0 Å². The molecule has 0 spiro atoms. The van der Waals surface area contributed by atoms with E-state index in [4.69, 9.17) is 15.9 Å². The molecule has 0 amide bonds. The summed E-state index contributed by atoms with van der Waals surface area (Å²) in [5.41, 5.74) is 5.11. The number of aromatic nitrogens is 2. The van der Waals surface area contributed by atoms with E-state index in [1.54, 1.807) is 0 Å². The number of nitrogen functional groups attached to an aromatic ring is 1. The standard InChI is InChI=1S/C9H7N3O4/c10-6-5(9(15)16)11-7-4(8(13)14)2-1-3-12(6)7/h1-3H,10H2,(H,13,14)(H,15,16). The third-order valence-electron chi connectivity index (χ3n) is 2.12. The van der Waals surface area contributed by atoms with Crippen molar-refractivity contribution in [3.63, 3.8) is 0 Å². The van der Waals surface area contributed by atoms with Gasteiger partial charge in [-0.25, -0.2) is 14.6 Å². The highest BCUT2D eigenvalue weighted by molar-refractivity contribution is 5.98. The van der Waals surface area contributed by atoms with Crippen molar-refractivity contribution in [2.75, 3.05) is 5.73 Å². The van der Waals surface area contributed by atoms with Crippen LogP contribution in [0.1, 0.15) is 20.8 Å². The molecule has 2 heterocycles. The summed E-state index contributed by atoms with van der Waals surface area (Å²) in [6, 6.07) is 2.79. The molecule has 16 heavy (non-hydrogen) atoms. The minimum Gasteiger partial charge on any atom is -0.478 e. The molecular weight excluding hydrogens is 214 g/mol. The lowest BCUT2D eigenvalue weighted by atomic mass is 10.3. The van der Waals surface area contributed by atoms with E-state index in [9.17, 15) is 9.59 Å². The minimum absolute atomic E-state index is 0.0184. The van der Waals surface area contributed by atoms with Gasteiger partial charge in [-0.2, -0.15) is 0 Å². The fourth-order valence-corrected chi connectivity index (χ4v) is 1.41. The summed E-state index contributed by atoms with van der Waals surface area (Å²) in [5.74, 6) is -2.57. The van der Waals surface area contributed by atoms with Crippen molar-refractivity contribution < 1.29 is 19.8 Å². The number of fused-ring (bicyclic) bond motifs is 1. The maximum absolute atomic E-state index is 10.9. The molecule has 82 valence electrons. The average molecular weight is 221 g/mol. The van der Waals surface area contributed by atoms with Gasteiger partial charge in [0, 0.05) is 6.20 Å². The lowest BCUT2D eigenvalue weighted by Gasteiger charge is -1.98. The highest BCUT2D eigenvalue weighted by Crippen LogP contribution is 2.18. The van der Waals surface area contributed by atoms with Gasteiger partial charge in [0.2, 0.25) is 0 Å². The first-order valence-corrected chi connectivity index (χ1v) is 4.25. The molecule has 0 radical (unpaired) electrons. The first kappa shape index (κ1) is 9.97. The fourth-order valence-electron chi connectivity index (χ4n) is 1.41. The molecule has 0 aliphatic rings. The number of nitrogens with zero attached hydrogens (tertiary/aromatic N) is 2. The third-order valence-corrected chi connectivity index (χ3v) is 2.12. The minimum atomic E-state index is -1.29. The quantitative estimate of drug-likeness (QED) is 0.671. The summed E-state index contributed by atoms with van der Waals surface area (Å²) < 4.78 is 1.23. The lowest BCUT2D eigenvalue weighted by Crippen LogP contribution is -2.02. The van der Waals surface area contributed by atoms with E-state index in [-0.39, 0.29) is 22.7 Å². The van der Waals surface area contributed by atoms with E-state index >= 15 is 0 Å². The van der Waals surface area contributed by atoms with Crippen LogP contribution in [-0.2, 0) is 0 Å². The van der Waals surface area contributed by atoms with Gasteiger partial charge in [-0.15, -0.1) is 0 Å². The molecule has 0 aliphatic carbocycles. The van der Waals surface area contributed by atoms with Crippen LogP contribution in [0.25, 0.3) is 5.65 Å². The summed E-state index contributed by atoms with van der Waals surface area (Å²) in [4.78, 5) is 25.3. The maximum atomic E-state index is 10.9. The number of aromatic carboxylic acids is 2. The summed E-state index contributed by atoms with van der Waals surface area (Å²) in [6.45, 7) is 0. The van der Waals surface area contributed by atoms with Gasteiger partial charge in [-0.3, -0.25) is 4.40 Å². The van der Waals surface area contributed by atoms with Crippen molar-refractivity contribution >= 4 is 23.4 Å². The van der Waals surface area contributed by atoms with Crippen LogP contribution in [0.5, 0.6) is 0 Å². The van der Waals surface area contributed by atoms with Crippen molar-refractivity contribution in [2.24, 2.45) is 0 Å². The molecule has 0 atom stereocenters. The number of rotatable bonds is 2. The number of nitrogens with two attached hydrogens (primary N) is 1. The molecule has 4 N–H and O–H groups in total. The van der Waals surface area contributed by atoms with Crippen LogP contribution < -0.4 is 5.73 Å². The first-order valence-electron chi connectivity index (χ1n) is 4.25. The van der Waals surface area contributed by atoms with Gasteiger partial charge in [0.25, 0.3) is 0 Å². The Bertz CT molecular complexity index is 602. The Kier molecular flexibility index (Phi) is 2.01. The van der Waals surface area contributed by atoms with Gasteiger partial charge in [-0.1, -0.05) is 0 Å². The normalized spacial score (nSPS) is 10.5. The van der Waals surface area contributed by atoms with Crippen molar-refractivity contribution in [3.05, 3.63) is 29.6 Å². The summed E-state index contributed by atoms with van der Waals surface area (Å²) >= 11 is 0. The van der Waals surface area contributed by atoms with E-state index < -0.39 is 11.9 Å². The number of hydrogen-bond acceptors (Lipinski definition) is 4. The number of pyridine rings is 1. The average Bonchev–Trinajstić information content (AvgIpc) is 2.56. The zero-order chi connectivity index (χ0) is 11.9. The molecule has 7 heteroatoms. The molecule has 2 aromatic rings. The highest BCUT2D eigenvalue weighted by Gasteiger charge is 2.19. The highest BCUT2D eigenvalue weighted by atomic mass is 16.4. The Morgan fingerprint density at radius 2 is 2.00 bits per heavy atom. The molecule has 0 bridgehead atoms. The SMILES string of the molecule is Nc1c(C(=O)O)nc2c(C(=O)O)cccn12. The lowest BCUT2D eigenvalue weighted by molar-refractivity contribution is 0.0682. The summed E-state index contributed by atoms with van der Waals surface area (Å²) in [7, 11) is 0. The fraction of sp³-hybridized carbons (Fsp3) is 0. The van der Waals surface area contributed by atoms with Crippen molar-refractivity contribution in [1.29, 1.82) is 0 Å². The van der Waals surface area contributed by atoms with Crippen LogP contribution in [0.4, 0.5) is 5.82 Å². The predicted molar refractivity (Wildman–Crippen MR) is 53.5 cm³/mol. The topological polar surface area (TPSA) is 118 Å². The monoisotopic (exact) mass is 221 g/mol. The summed E-state index contributed by atoms with van der Waals surface area (Å²) in [6.07, 6.45) is 1.45. The second-order valence-corrected chi connectivity index (χ2v) is 3.07. The van der Waals surface area contributed by atoms with Gasteiger partial charge in [0.1, 0.15) is 11.4 Å². The molecule has 0 unspecified atom stereocenters. The number of imidazole rings is 1. The van der Waals surface area contributed by atoms with Gasteiger partial charge >= 0.3 is 11.9 Å².